The van der Waals surface area contributed by atoms with Gasteiger partial charge in [0.05, 0.1) is 12.1 Å². The number of anilines is 1. The molecule has 1 aliphatic carbocycles. The lowest BCUT2D eigenvalue weighted by atomic mass is 10.1. The zero-order valence-corrected chi connectivity index (χ0v) is 14.2. The summed E-state index contributed by atoms with van der Waals surface area (Å²) in [5.74, 6) is 0.605. The van der Waals surface area contributed by atoms with E-state index in [1.54, 1.807) is 4.90 Å². The normalized spacial score (nSPS) is 25.8. The van der Waals surface area contributed by atoms with E-state index < -0.39 is 0 Å². The largest absolute Gasteiger partial charge is 0.376 e. The fourth-order valence-electron chi connectivity index (χ4n) is 3.63. The quantitative estimate of drug-likeness (QED) is 0.763. The van der Waals surface area contributed by atoms with Crippen molar-refractivity contribution in [3.8, 4) is 0 Å². The summed E-state index contributed by atoms with van der Waals surface area (Å²) in [7, 11) is 0. The number of carbonyl (C=O) groups is 2. The highest BCUT2D eigenvalue weighted by Crippen LogP contribution is 2.38. The molecular formula is C18H24N4O3. The van der Waals surface area contributed by atoms with Gasteiger partial charge in [-0.1, -0.05) is 18.2 Å². The van der Waals surface area contributed by atoms with Crippen LogP contribution in [0.3, 0.4) is 0 Å². The third-order valence-corrected chi connectivity index (χ3v) is 5.11. The van der Waals surface area contributed by atoms with E-state index in [4.69, 9.17) is 4.74 Å². The molecule has 1 aromatic rings. The molecule has 2 saturated heterocycles. The van der Waals surface area contributed by atoms with E-state index in [1.165, 1.54) is 12.8 Å². The molecular weight excluding hydrogens is 320 g/mol. The Bertz CT molecular complexity index is 661. The number of para-hydroxylation sites is 1. The minimum atomic E-state index is -0.209. The van der Waals surface area contributed by atoms with E-state index in [1.807, 2.05) is 24.3 Å². The summed E-state index contributed by atoms with van der Waals surface area (Å²) < 4.78 is 5.77. The molecule has 1 aromatic carbocycles. The van der Waals surface area contributed by atoms with E-state index in [9.17, 15) is 9.59 Å². The Hall–Kier alpha value is -2.28. The van der Waals surface area contributed by atoms with Gasteiger partial charge in [0.15, 0.2) is 0 Å². The SMILES string of the molecule is O=C(Nc1ccccc1CN1CCNC1=O)N[C@@H]1CCO[C@@H]1C1CC1. The van der Waals surface area contributed by atoms with Crippen molar-refractivity contribution in [2.75, 3.05) is 25.0 Å². The summed E-state index contributed by atoms with van der Waals surface area (Å²) in [4.78, 5) is 25.9. The first-order valence-corrected chi connectivity index (χ1v) is 9.00. The van der Waals surface area contributed by atoms with Crippen molar-refractivity contribution in [2.24, 2.45) is 5.92 Å². The summed E-state index contributed by atoms with van der Waals surface area (Å²) in [6.07, 6.45) is 3.43. The van der Waals surface area contributed by atoms with Gasteiger partial charge in [0.2, 0.25) is 0 Å². The number of hydrogen-bond acceptors (Lipinski definition) is 3. The Morgan fingerprint density at radius 1 is 1.28 bits per heavy atom. The van der Waals surface area contributed by atoms with E-state index >= 15 is 0 Å². The number of rotatable bonds is 5. The number of nitrogens with zero attached hydrogens (tertiary/aromatic N) is 1. The van der Waals surface area contributed by atoms with Gasteiger partial charge in [0, 0.05) is 31.9 Å². The molecule has 2 aliphatic heterocycles. The first kappa shape index (κ1) is 16.2. The maximum absolute atomic E-state index is 12.4. The third kappa shape index (κ3) is 3.71. The number of ether oxygens (including phenoxy) is 1. The molecule has 7 heteroatoms. The van der Waals surface area contributed by atoms with Crippen molar-refractivity contribution in [3.63, 3.8) is 0 Å². The maximum Gasteiger partial charge on any atom is 0.319 e. The fraction of sp³-hybridized carbons (Fsp3) is 0.556. The summed E-state index contributed by atoms with van der Waals surface area (Å²) in [5.41, 5.74) is 1.66. The topological polar surface area (TPSA) is 82.7 Å². The third-order valence-electron chi connectivity index (χ3n) is 5.11. The van der Waals surface area contributed by atoms with E-state index in [0.717, 1.165) is 17.7 Å². The van der Waals surface area contributed by atoms with Crippen LogP contribution >= 0.6 is 0 Å². The van der Waals surface area contributed by atoms with Crippen LogP contribution in [0.2, 0.25) is 0 Å². The van der Waals surface area contributed by atoms with Crippen LogP contribution in [0, 0.1) is 5.92 Å². The first-order chi connectivity index (χ1) is 12.2. The lowest BCUT2D eigenvalue weighted by Gasteiger charge is -2.21. The van der Waals surface area contributed by atoms with E-state index in [0.29, 0.717) is 32.2 Å². The van der Waals surface area contributed by atoms with Crippen molar-refractivity contribution in [2.45, 2.75) is 38.0 Å². The van der Waals surface area contributed by atoms with Gasteiger partial charge in [0.1, 0.15) is 0 Å². The number of hydrogen-bond donors (Lipinski definition) is 3. The molecule has 0 spiro atoms. The number of nitrogens with one attached hydrogen (secondary N) is 3. The minimum Gasteiger partial charge on any atom is -0.376 e. The summed E-state index contributed by atoms with van der Waals surface area (Å²) in [6.45, 7) is 2.55. The highest BCUT2D eigenvalue weighted by atomic mass is 16.5. The summed E-state index contributed by atoms with van der Waals surface area (Å²) >= 11 is 0. The predicted octanol–water partition coefficient (Wildman–Crippen LogP) is 1.90. The molecule has 1 saturated carbocycles. The Labute approximate surface area is 147 Å². The lowest BCUT2D eigenvalue weighted by molar-refractivity contribution is 0.0829. The van der Waals surface area contributed by atoms with Gasteiger partial charge in [0.25, 0.3) is 0 Å². The Morgan fingerprint density at radius 2 is 2.12 bits per heavy atom. The molecule has 134 valence electrons. The van der Waals surface area contributed by atoms with Gasteiger partial charge >= 0.3 is 12.1 Å². The van der Waals surface area contributed by atoms with Crippen LogP contribution < -0.4 is 16.0 Å². The lowest BCUT2D eigenvalue weighted by Crippen LogP contribution is -2.43. The zero-order valence-electron chi connectivity index (χ0n) is 14.2. The molecule has 2 atom stereocenters. The van der Waals surface area contributed by atoms with Crippen molar-refractivity contribution >= 4 is 17.7 Å². The monoisotopic (exact) mass is 344 g/mol. The highest BCUT2D eigenvalue weighted by molar-refractivity contribution is 5.90. The Kier molecular flexibility index (Phi) is 4.48. The van der Waals surface area contributed by atoms with E-state index in [-0.39, 0.29) is 24.2 Å². The van der Waals surface area contributed by atoms with Gasteiger partial charge in [-0.3, -0.25) is 0 Å². The van der Waals surface area contributed by atoms with Gasteiger partial charge in [-0.15, -0.1) is 0 Å². The average molecular weight is 344 g/mol. The van der Waals surface area contributed by atoms with Gasteiger partial charge < -0.3 is 25.6 Å². The summed E-state index contributed by atoms with van der Waals surface area (Å²) in [5, 5.41) is 8.80. The zero-order chi connectivity index (χ0) is 17.2. The van der Waals surface area contributed by atoms with Crippen LogP contribution in [0.5, 0.6) is 0 Å². The highest BCUT2D eigenvalue weighted by Gasteiger charge is 2.41. The minimum absolute atomic E-state index is 0.0605. The molecule has 3 N–H and O–H groups in total. The van der Waals surface area contributed by atoms with Crippen LogP contribution in [0.4, 0.5) is 15.3 Å². The van der Waals surface area contributed by atoms with Crippen molar-refractivity contribution in [1.29, 1.82) is 0 Å². The van der Waals surface area contributed by atoms with Crippen molar-refractivity contribution in [1.82, 2.24) is 15.5 Å². The standard InChI is InChI=1S/C18H24N4O3/c23-17(21-15-7-10-25-16(15)12-5-6-12)20-14-4-2-1-3-13(14)11-22-9-8-19-18(22)24/h1-4,12,15-16H,5-11H2,(H,19,24)(H2,20,21,23)/t15-,16-/m1/s1. The van der Waals surface area contributed by atoms with Crippen LogP contribution in [0.25, 0.3) is 0 Å². The predicted molar refractivity (Wildman–Crippen MR) is 93.3 cm³/mol. The van der Waals surface area contributed by atoms with Crippen LogP contribution in [-0.2, 0) is 11.3 Å². The number of urea groups is 2. The molecule has 3 fully saturated rings. The van der Waals surface area contributed by atoms with Gasteiger partial charge in [-0.2, -0.15) is 0 Å². The number of carbonyl (C=O) groups excluding carboxylic acids is 2. The molecule has 25 heavy (non-hydrogen) atoms. The molecule has 0 unspecified atom stereocenters. The molecule has 0 radical (unpaired) electrons. The Morgan fingerprint density at radius 3 is 2.88 bits per heavy atom. The second kappa shape index (κ2) is 6.92. The second-order valence-corrected chi connectivity index (χ2v) is 6.98. The summed E-state index contributed by atoms with van der Waals surface area (Å²) in [6, 6.07) is 7.42. The van der Waals surface area contributed by atoms with Crippen LogP contribution in [0.1, 0.15) is 24.8 Å². The molecule has 2 heterocycles. The van der Waals surface area contributed by atoms with Gasteiger partial charge in [-0.05, 0) is 36.8 Å². The van der Waals surface area contributed by atoms with Crippen LogP contribution in [-0.4, -0.2) is 48.8 Å². The molecule has 0 bridgehead atoms. The number of amides is 4. The van der Waals surface area contributed by atoms with Crippen molar-refractivity contribution in [3.05, 3.63) is 29.8 Å². The molecule has 3 aliphatic rings. The van der Waals surface area contributed by atoms with Crippen molar-refractivity contribution < 1.29 is 14.3 Å². The van der Waals surface area contributed by atoms with E-state index in [2.05, 4.69) is 16.0 Å². The smallest absolute Gasteiger partial charge is 0.319 e. The molecule has 4 amide bonds. The fourth-order valence-corrected chi connectivity index (χ4v) is 3.63. The molecule has 4 rings (SSSR count). The molecule has 0 aromatic heterocycles. The molecule has 7 nitrogen and oxygen atoms in total. The Balaban J connectivity index is 1.38. The second-order valence-electron chi connectivity index (χ2n) is 6.98. The van der Waals surface area contributed by atoms with Crippen LogP contribution in [0.15, 0.2) is 24.3 Å². The maximum atomic E-state index is 12.4. The number of benzene rings is 1. The average Bonchev–Trinajstić information content (AvgIpc) is 3.21. The first-order valence-electron chi connectivity index (χ1n) is 9.00. The van der Waals surface area contributed by atoms with Gasteiger partial charge in [-0.25, -0.2) is 9.59 Å².